The number of rotatable bonds is 32. The summed E-state index contributed by atoms with van der Waals surface area (Å²) >= 11 is 0. The van der Waals surface area contributed by atoms with Gasteiger partial charge in [-0.2, -0.15) is 4.85 Å². The van der Waals surface area contributed by atoms with Gasteiger partial charge in [-0.3, -0.25) is 0 Å². The van der Waals surface area contributed by atoms with Crippen molar-refractivity contribution in [1.82, 2.24) is 0 Å². The molecule has 0 saturated carbocycles. The molecule has 13 heteroatoms. The molecule has 0 fully saturated rings. The maximum atomic E-state index is 12.9. The van der Waals surface area contributed by atoms with Crippen LogP contribution in [-0.2, 0) is 30.3 Å². The van der Waals surface area contributed by atoms with Gasteiger partial charge in [0.2, 0.25) is 0 Å². The Bertz CT molecular complexity index is 2100. The predicted molar refractivity (Wildman–Crippen MR) is 275 cm³/mol. The fraction of sp³-hybridized carbons (Fsp3) is 0.589. The lowest BCUT2D eigenvalue weighted by Crippen LogP contribution is -2.32. The molecule has 0 spiro atoms. The molecule has 3 rings (SSSR count). The maximum Gasteiger partial charge on any atom is 0.434 e. The Morgan fingerprint density at radius 1 is 0.667 bits per heavy atom. The first-order chi connectivity index (χ1) is 33.2. The minimum Gasteiger partial charge on any atom is -0.507 e. The average molecular weight is 957 g/mol. The number of hydrogen-bond donors (Lipinski definition) is 2. The van der Waals surface area contributed by atoms with Crippen LogP contribution in [0.5, 0.6) is 23.0 Å². The van der Waals surface area contributed by atoms with Crippen LogP contribution in [0.4, 0.5) is 0 Å². The number of aryl methyl sites for hydroxylation is 1. The van der Waals surface area contributed by atoms with Gasteiger partial charge in [0.15, 0.2) is 18.5 Å². The second-order valence-electron chi connectivity index (χ2n) is 18.1. The van der Waals surface area contributed by atoms with Gasteiger partial charge in [-0.15, -0.1) is 0 Å². The lowest BCUT2D eigenvalue weighted by atomic mass is 10.0. The van der Waals surface area contributed by atoms with Gasteiger partial charge >= 0.3 is 17.8 Å². The summed E-state index contributed by atoms with van der Waals surface area (Å²) in [4.78, 5) is 39.4. The number of aliphatic imine (C=N–C) groups is 2. The summed E-state index contributed by atoms with van der Waals surface area (Å²) in [5, 5.41) is 21.9. The molecule has 69 heavy (non-hydrogen) atoms. The number of amidine groups is 2. The number of benzene rings is 3. The van der Waals surface area contributed by atoms with Crippen LogP contribution in [0.25, 0.3) is 4.85 Å². The number of unbranched alkanes of at least 4 members (excludes halogenated alkanes) is 3. The first-order valence-electron chi connectivity index (χ1n) is 25.4. The van der Waals surface area contributed by atoms with Gasteiger partial charge in [-0.05, 0) is 130 Å². The standard InChI is InChI=1S/C56H81N3O10/c1-12-18-21-42(15-4)35-64-54(61)39(8)67-47-27-24-45(25-28-47)52(58-34-46-26-29-49(33-51(46)60)69-41(10)56(63)66-37-44(17-6)23-20-14-3)59-53(57-11)50-31-30-48(32-38(50)7)68-40(9)55(62)65-36-43(16-5)22-19-13-2/h11,24-33,39-44,55,62H,12-23,34-37H2,1-10H3/p+1. The zero-order valence-electron chi connectivity index (χ0n) is 43.2. The van der Waals surface area contributed by atoms with E-state index in [4.69, 9.17) is 45.0 Å². The second kappa shape index (κ2) is 31.6. The van der Waals surface area contributed by atoms with Gasteiger partial charge in [-0.1, -0.05) is 99.3 Å². The number of aromatic hydroxyl groups is 1. The van der Waals surface area contributed by atoms with Crippen molar-refractivity contribution in [2.45, 2.75) is 177 Å². The van der Waals surface area contributed by atoms with Gasteiger partial charge in [0, 0.05) is 17.2 Å². The van der Waals surface area contributed by atoms with Gasteiger partial charge in [0.05, 0.1) is 31.9 Å². The molecule has 13 nitrogen and oxygen atoms in total. The van der Waals surface area contributed by atoms with E-state index in [-0.39, 0.29) is 24.0 Å². The molecule has 0 radical (unpaired) electrons. The lowest BCUT2D eigenvalue weighted by Gasteiger charge is -2.23. The van der Waals surface area contributed by atoms with E-state index in [1.165, 1.54) is 6.07 Å². The highest BCUT2D eigenvalue weighted by Gasteiger charge is 2.25. The fourth-order valence-electron chi connectivity index (χ4n) is 7.48. The molecule has 0 aliphatic heterocycles. The van der Waals surface area contributed by atoms with Crippen molar-refractivity contribution >= 4 is 23.6 Å². The van der Waals surface area contributed by atoms with Crippen LogP contribution >= 0.6 is 0 Å². The van der Waals surface area contributed by atoms with E-state index in [2.05, 4.69) is 46.4 Å². The van der Waals surface area contributed by atoms with E-state index in [1.54, 1.807) is 69.3 Å². The molecule has 380 valence electrons. The van der Waals surface area contributed by atoms with Crippen molar-refractivity contribution in [1.29, 1.82) is 0 Å². The summed E-state index contributed by atoms with van der Waals surface area (Å²) in [7, 11) is 0. The molecule has 0 saturated heterocycles. The van der Waals surface area contributed by atoms with Crippen LogP contribution in [0, 0.1) is 31.2 Å². The van der Waals surface area contributed by atoms with E-state index >= 15 is 0 Å². The Morgan fingerprint density at radius 3 is 1.65 bits per heavy atom. The van der Waals surface area contributed by atoms with Crippen molar-refractivity contribution in [2.24, 2.45) is 27.7 Å². The molecule has 3 aromatic carbocycles. The van der Waals surface area contributed by atoms with E-state index in [1.807, 2.05) is 13.0 Å². The summed E-state index contributed by atoms with van der Waals surface area (Å²) in [5.41, 5.74) is 2.41. The van der Waals surface area contributed by atoms with Crippen molar-refractivity contribution in [3.05, 3.63) is 87.8 Å². The van der Waals surface area contributed by atoms with E-state index in [9.17, 15) is 19.8 Å². The topological polar surface area (TPSA) is 159 Å². The summed E-state index contributed by atoms with van der Waals surface area (Å²) in [6, 6.07) is 17.1. The minimum atomic E-state index is -1.10. The van der Waals surface area contributed by atoms with Gasteiger partial charge in [-0.25, -0.2) is 14.6 Å². The highest BCUT2D eigenvalue weighted by molar-refractivity contribution is 6.16. The number of phenolic OH excluding ortho intramolecular Hbond substituents is 1. The monoisotopic (exact) mass is 957 g/mol. The Kier molecular flexibility index (Phi) is 26.5. The molecule has 0 aliphatic carbocycles. The molecular formula is C56H82N3O10+. The third-order valence-electron chi connectivity index (χ3n) is 12.4. The number of carbonyl (C=O) groups is 2. The SMILES string of the molecule is C#[N+]C(=NC(=NCc1ccc(OC(C)C(=O)OCC(CC)CCCC)cc1O)c1ccc(OC(C)C(=O)OCC(CC)CCCC)cc1)c1ccc(OC(C)C(O)OCC(CC)CCCC)cc1C. The Balaban J connectivity index is 1.87. The maximum absolute atomic E-state index is 12.9. The summed E-state index contributed by atoms with van der Waals surface area (Å²) in [6.45, 7) is 26.9. The third-order valence-corrected chi connectivity index (χ3v) is 12.4. The van der Waals surface area contributed by atoms with Crippen LogP contribution < -0.4 is 14.2 Å². The zero-order valence-corrected chi connectivity index (χ0v) is 43.2. The van der Waals surface area contributed by atoms with Crippen LogP contribution in [0.2, 0.25) is 0 Å². The number of esters is 2. The summed E-state index contributed by atoms with van der Waals surface area (Å²) in [5.74, 6) is 1.68. The molecule has 0 bridgehead atoms. The third kappa shape index (κ3) is 20.2. The number of carbonyl (C=O) groups excluding carboxylic acids is 2. The highest BCUT2D eigenvalue weighted by Crippen LogP contribution is 2.27. The van der Waals surface area contributed by atoms with Crippen LogP contribution in [0.15, 0.2) is 70.6 Å². The quantitative estimate of drug-likeness (QED) is 0.0267. The predicted octanol–water partition coefficient (Wildman–Crippen LogP) is 12.4. The highest BCUT2D eigenvalue weighted by atomic mass is 16.6. The second-order valence-corrected chi connectivity index (χ2v) is 18.1. The van der Waals surface area contributed by atoms with Gasteiger partial charge in [0.25, 0.3) is 5.84 Å². The van der Waals surface area contributed by atoms with Crippen molar-refractivity contribution in [3.8, 4) is 29.6 Å². The molecule has 0 aliphatic rings. The Morgan fingerprint density at radius 2 is 1.16 bits per heavy atom. The number of phenols is 1. The number of ether oxygens (including phenoxy) is 6. The molecule has 0 aromatic heterocycles. The fourth-order valence-corrected chi connectivity index (χ4v) is 7.48. The van der Waals surface area contributed by atoms with Gasteiger partial charge < -0.3 is 38.6 Å². The van der Waals surface area contributed by atoms with Crippen molar-refractivity contribution < 1.29 is 48.2 Å². The number of aliphatic hydroxyl groups is 1. The number of aliphatic hydroxyl groups excluding tert-OH is 1. The first-order valence-corrected chi connectivity index (χ1v) is 25.4. The number of hydrogen-bond acceptors (Lipinski definition) is 11. The van der Waals surface area contributed by atoms with E-state index in [0.717, 1.165) is 82.6 Å². The molecule has 7 atom stereocenters. The smallest absolute Gasteiger partial charge is 0.434 e. The molecule has 0 amide bonds. The van der Waals surface area contributed by atoms with Crippen LogP contribution in [-0.4, -0.2) is 78.2 Å². The number of nitrogens with zero attached hydrogens (tertiary/aromatic N) is 3. The normalized spacial score (nSPS) is 14.9. The van der Waals surface area contributed by atoms with Crippen LogP contribution in [0.1, 0.15) is 162 Å². The molecule has 7 unspecified atom stereocenters. The van der Waals surface area contributed by atoms with Crippen molar-refractivity contribution in [2.75, 3.05) is 19.8 Å². The minimum absolute atomic E-state index is 0.000345. The Hall–Kier alpha value is -5.45. The molecule has 3 aromatic rings. The van der Waals surface area contributed by atoms with E-state index < -0.39 is 36.5 Å². The Labute approximate surface area is 412 Å². The summed E-state index contributed by atoms with van der Waals surface area (Å²) in [6.07, 6.45) is 9.03. The summed E-state index contributed by atoms with van der Waals surface area (Å²) < 4.78 is 34.9. The van der Waals surface area contributed by atoms with E-state index in [0.29, 0.717) is 71.5 Å². The molecule has 2 N–H and O–H groups in total. The lowest BCUT2D eigenvalue weighted by molar-refractivity contribution is -0.156. The first kappa shape index (κ1) is 57.9. The molecular weight excluding hydrogens is 875 g/mol. The largest absolute Gasteiger partial charge is 0.507 e. The average Bonchev–Trinajstić information content (AvgIpc) is 3.34. The van der Waals surface area contributed by atoms with Crippen molar-refractivity contribution in [3.63, 3.8) is 0 Å². The zero-order chi connectivity index (χ0) is 50.7. The van der Waals surface area contributed by atoms with Crippen LogP contribution in [0.3, 0.4) is 0 Å². The van der Waals surface area contributed by atoms with Gasteiger partial charge in [0.1, 0.15) is 35.7 Å². The molecule has 0 heterocycles.